The first-order chi connectivity index (χ1) is 8.89. The Morgan fingerprint density at radius 2 is 1.95 bits per heavy atom. The fraction of sp³-hybridized carbons (Fsp3) is 0.462. The fourth-order valence-electron chi connectivity index (χ4n) is 1.64. The van der Waals surface area contributed by atoms with E-state index in [1.54, 1.807) is 26.2 Å². The Balaban J connectivity index is 2.30. The summed E-state index contributed by atoms with van der Waals surface area (Å²) in [5, 5.41) is 14.0. The Morgan fingerprint density at radius 1 is 1.32 bits per heavy atom. The van der Waals surface area contributed by atoms with Crippen LogP contribution in [-0.2, 0) is 11.2 Å². The molecule has 0 bridgehead atoms. The van der Waals surface area contributed by atoms with Gasteiger partial charge in [-0.15, -0.1) is 0 Å². The number of nitrogens with zero attached hydrogens (tertiary/aromatic N) is 1. The number of carboxylic acid groups (broad SMARTS) is 1. The van der Waals surface area contributed by atoms with Gasteiger partial charge in [0.25, 0.3) is 0 Å². The Hall–Kier alpha value is -2.11. The van der Waals surface area contributed by atoms with Crippen LogP contribution >= 0.6 is 0 Å². The van der Waals surface area contributed by atoms with Crippen LogP contribution in [0.2, 0.25) is 0 Å². The number of aliphatic carboxylic acids is 1. The Bertz CT molecular complexity index is 432. The highest BCUT2D eigenvalue weighted by Gasteiger charge is 2.23. The topological polar surface area (TPSA) is 91.3 Å². The Kier molecular flexibility index (Phi) is 5.29. The van der Waals surface area contributed by atoms with E-state index in [-0.39, 0.29) is 12.5 Å². The summed E-state index contributed by atoms with van der Waals surface area (Å²) >= 11 is 0. The van der Waals surface area contributed by atoms with Gasteiger partial charge in [-0.25, -0.2) is 4.79 Å². The summed E-state index contributed by atoms with van der Waals surface area (Å²) in [5.41, 5.74) is 0.312. The maximum absolute atomic E-state index is 11.6. The molecular formula is C13H19N3O3. The molecule has 1 rings (SSSR count). The van der Waals surface area contributed by atoms with Crippen LogP contribution in [0.5, 0.6) is 0 Å². The third-order valence-corrected chi connectivity index (χ3v) is 2.49. The second-order valence-electron chi connectivity index (χ2n) is 4.94. The summed E-state index contributed by atoms with van der Waals surface area (Å²) in [6, 6.07) is 3.40. The van der Waals surface area contributed by atoms with Crippen LogP contribution in [0.25, 0.3) is 0 Å². The van der Waals surface area contributed by atoms with Crippen LogP contribution in [0.4, 0.5) is 4.79 Å². The summed E-state index contributed by atoms with van der Waals surface area (Å²) < 4.78 is 0. The zero-order valence-corrected chi connectivity index (χ0v) is 11.1. The molecule has 0 aromatic carbocycles. The van der Waals surface area contributed by atoms with Gasteiger partial charge in [0, 0.05) is 24.5 Å². The van der Waals surface area contributed by atoms with Crippen LogP contribution in [-0.4, -0.2) is 34.2 Å². The molecule has 1 aromatic rings. The first-order valence-electron chi connectivity index (χ1n) is 6.06. The van der Waals surface area contributed by atoms with Gasteiger partial charge >= 0.3 is 12.0 Å². The number of rotatable bonds is 6. The molecule has 6 nitrogen and oxygen atoms in total. The fourth-order valence-corrected chi connectivity index (χ4v) is 1.64. The quantitative estimate of drug-likeness (QED) is 0.720. The van der Waals surface area contributed by atoms with Crippen molar-refractivity contribution in [2.45, 2.75) is 32.2 Å². The van der Waals surface area contributed by atoms with Gasteiger partial charge in [0.15, 0.2) is 0 Å². The van der Waals surface area contributed by atoms with Crippen molar-refractivity contribution in [3.05, 3.63) is 30.1 Å². The molecule has 0 spiro atoms. The zero-order chi connectivity index (χ0) is 14.3. The molecule has 6 heteroatoms. The number of carbonyl (C=O) groups excluding carboxylic acids is 1. The first-order valence-corrected chi connectivity index (χ1v) is 6.06. The standard InChI is InChI=1S/C13H19N3O3/c1-13(2,9-11(17)18)16-12(19)15-8-5-10-3-6-14-7-4-10/h3-4,6-7H,5,8-9H2,1-2H3,(H,17,18)(H2,15,16,19). The predicted molar refractivity (Wildman–Crippen MR) is 70.8 cm³/mol. The van der Waals surface area contributed by atoms with E-state index in [9.17, 15) is 9.59 Å². The minimum Gasteiger partial charge on any atom is -0.481 e. The molecule has 0 radical (unpaired) electrons. The monoisotopic (exact) mass is 265 g/mol. The lowest BCUT2D eigenvalue weighted by atomic mass is 10.0. The van der Waals surface area contributed by atoms with Gasteiger partial charge in [0.1, 0.15) is 0 Å². The van der Waals surface area contributed by atoms with Crippen molar-refractivity contribution >= 4 is 12.0 Å². The van der Waals surface area contributed by atoms with Gasteiger partial charge in [0.05, 0.1) is 6.42 Å². The van der Waals surface area contributed by atoms with Crippen LogP contribution in [0, 0.1) is 0 Å². The van der Waals surface area contributed by atoms with E-state index in [1.807, 2.05) is 12.1 Å². The summed E-state index contributed by atoms with van der Waals surface area (Å²) in [6.45, 7) is 3.83. The van der Waals surface area contributed by atoms with Crippen molar-refractivity contribution in [1.29, 1.82) is 0 Å². The van der Waals surface area contributed by atoms with Gasteiger partial charge in [0.2, 0.25) is 0 Å². The average Bonchev–Trinajstić information content (AvgIpc) is 2.27. The third kappa shape index (κ3) is 6.40. The number of carbonyl (C=O) groups is 2. The van der Waals surface area contributed by atoms with E-state index < -0.39 is 11.5 Å². The summed E-state index contributed by atoms with van der Waals surface area (Å²) in [7, 11) is 0. The molecule has 0 saturated heterocycles. The van der Waals surface area contributed by atoms with Crippen LogP contribution in [0.15, 0.2) is 24.5 Å². The molecule has 1 heterocycles. The maximum Gasteiger partial charge on any atom is 0.315 e. The van der Waals surface area contributed by atoms with E-state index in [0.29, 0.717) is 13.0 Å². The molecule has 1 aromatic heterocycles. The number of urea groups is 1. The maximum atomic E-state index is 11.6. The first kappa shape index (κ1) is 14.9. The Morgan fingerprint density at radius 3 is 2.53 bits per heavy atom. The van der Waals surface area contributed by atoms with Gasteiger partial charge in [-0.05, 0) is 38.0 Å². The molecule has 0 saturated carbocycles. The van der Waals surface area contributed by atoms with Crippen LogP contribution in [0.3, 0.4) is 0 Å². The molecule has 0 fully saturated rings. The molecule has 0 unspecified atom stereocenters. The van der Waals surface area contributed by atoms with Crippen molar-refractivity contribution in [2.75, 3.05) is 6.54 Å². The average molecular weight is 265 g/mol. The molecule has 104 valence electrons. The van der Waals surface area contributed by atoms with Crippen LogP contribution in [0.1, 0.15) is 25.8 Å². The van der Waals surface area contributed by atoms with Gasteiger partial charge < -0.3 is 15.7 Å². The number of carboxylic acids is 1. The molecule has 3 N–H and O–H groups in total. The number of hydrogen-bond acceptors (Lipinski definition) is 3. The van der Waals surface area contributed by atoms with Gasteiger partial charge in [-0.3, -0.25) is 9.78 Å². The number of pyridine rings is 1. The number of amides is 2. The second-order valence-corrected chi connectivity index (χ2v) is 4.94. The molecule has 2 amide bonds. The highest BCUT2D eigenvalue weighted by molar-refractivity contribution is 5.76. The van der Waals surface area contributed by atoms with Gasteiger partial charge in [-0.1, -0.05) is 0 Å². The molecular weight excluding hydrogens is 246 g/mol. The number of aromatic nitrogens is 1. The van der Waals surface area contributed by atoms with E-state index in [4.69, 9.17) is 5.11 Å². The number of nitrogens with one attached hydrogen (secondary N) is 2. The smallest absolute Gasteiger partial charge is 0.315 e. The lowest BCUT2D eigenvalue weighted by Crippen LogP contribution is -2.49. The summed E-state index contributed by atoms with van der Waals surface area (Å²) in [4.78, 5) is 26.1. The molecule has 0 aliphatic heterocycles. The molecule has 0 aliphatic rings. The Labute approximate surface area is 112 Å². The van der Waals surface area contributed by atoms with Crippen molar-refractivity contribution in [1.82, 2.24) is 15.6 Å². The van der Waals surface area contributed by atoms with E-state index in [1.165, 1.54) is 0 Å². The van der Waals surface area contributed by atoms with E-state index in [2.05, 4.69) is 15.6 Å². The van der Waals surface area contributed by atoms with E-state index >= 15 is 0 Å². The third-order valence-electron chi connectivity index (χ3n) is 2.49. The molecule has 0 atom stereocenters. The van der Waals surface area contributed by atoms with Crippen molar-refractivity contribution < 1.29 is 14.7 Å². The number of hydrogen-bond donors (Lipinski definition) is 3. The predicted octanol–water partition coefficient (Wildman–Crippen LogP) is 1.18. The largest absolute Gasteiger partial charge is 0.481 e. The minimum atomic E-state index is -0.943. The lowest BCUT2D eigenvalue weighted by molar-refractivity contribution is -0.138. The molecule has 0 aliphatic carbocycles. The van der Waals surface area contributed by atoms with Gasteiger partial charge in [-0.2, -0.15) is 0 Å². The van der Waals surface area contributed by atoms with E-state index in [0.717, 1.165) is 5.56 Å². The highest BCUT2D eigenvalue weighted by Crippen LogP contribution is 2.07. The minimum absolute atomic E-state index is 0.120. The highest BCUT2D eigenvalue weighted by atomic mass is 16.4. The van der Waals surface area contributed by atoms with Crippen molar-refractivity contribution in [3.8, 4) is 0 Å². The normalized spacial score (nSPS) is 10.8. The van der Waals surface area contributed by atoms with Crippen molar-refractivity contribution in [2.24, 2.45) is 0 Å². The second kappa shape index (κ2) is 6.72. The summed E-state index contributed by atoms with van der Waals surface area (Å²) in [6.07, 6.45) is 3.98. The van der Waals surface area contributed by atoms with Crippen LogP contribution < -0.4 is 10.6 Å². The van der Waals surface area contributed by atoms with Crippen molar-refractivity contribution in [3.63, 3.8) is 0 Å². The lowest BCUT2D eigenvalue weighted by Gasteiger charge is -2.24. The SMILES string of the molecule is CC(C)(CC(=O)O)NC(=O)NCCc1ccncc1. The summed E-state index contributed by atoms with van der Waals surface area (Å²) in [5.74, 6) is -0.943. The molecule has 19 heavy (non-hydrogen) atoms. The zero-order valence-electron chi connectivity index (χ0n) is 11.1.